The molecular formula is C24H33N5O2S2. The van der Waals surface area contributed by atoms with E-state index in [2.05, 4.69) is 24.3 Å². The third-order valence-corrected chi connectivity index (χ3v) is 8.93. The maximum atomic E-state index is 13.7. The summed E-state index contributed by atoms with van der Waals surface area (Å²) in [6.07, 6.45) is 6.33. The highest BCUT2D eigenvalue weighted by molar-refractivity contribution is 8.00. The summed E-state index contributed by atoms with van der Waals surface area (Å²) in [5.74, 6) is -0.119. The minimum absolute atomic E-state index is 0.0105. The lowest BCUT2D eigenvalue weighted by molar-refractivity contribution is -0.115. The van der Waals surface area contributed by atoms with E-state index in [4.69, 9.17) is 4.98 Å². The highest BCUT2D eigenvalue weighted by Crippen LogP contribution is 2.35. The van der Waals surface area contributed by atoms with Gasteiger partial charge in [-0.25, -0.2) is 4.98 Å². The lowest BCUT2D eigenvalue weighted by Crippen LogP contribution is -2.29. The van der Waals surface area contributed by atoms with Crippen molar-refractivity contribution in [2.75, 3.05) is 5.32 Å². The number of thiophene rings is 1. The Morgan fingerprint density at radius 2 is 1.94 bits per heavy atom. The molecule has 0 bridgehead atoms. The Hall–Kier alpha value is -2.13. The van der Waals surface area contributed by atoms with Crippen LogP contribution >= 0.6 is 23.1 Å². The van der Waals surface area contributed by atoms with Crippen LogP contribution in [0.2, 0.25) is 0 Å². The van der Waals surface area contributed by atoms with Crippen molar-refractivity contribution >= 4 is 44.9 Å². The Kier molecular flexibility index (Phi) is 7.00. The summed E-state index contributed by atoms with van der Waals surface area (Å²) in [7, 11) is 1.86. The van der Waals surface area contributed by atoms with Crippen LogP contribution in [0.3, 0.4) is 0 Å². The van der Waals surface area contributed by atoms with Crippen LogP contribution in [0, 0.1) is 13.8 Å². The lowest BCUT2D eigenvalue weighted by atomic mass is 10.1. The molecule has 178 valence electrons. The van der Waals surface area contributed by atoms with Gasteiger partial charge in [-0.1, -0.05) is 25.1 Å². The average Bonchev–Trinajstić information content (AvgIpc) is 3.12. The maximum Gasteiger partial charge on any atom is 0.263 e. The molecule has 1 aliphatic carbocycles. The number of rotatable bonds is 6. The largest absolute Gasteiger partial charge is 0.322 e. The molecule has 9 heteroatoms. The maximum absolute atomic E-state index is 13.7. The number of nitrogens with zero attached hydrogens (tertiary/aromatic N) is 4. The second-order valence-corrected chi connectivity index (χ2v) is 11.4. The number of hydrogen-bond acceptors (Lipinski definition) is 6. The first kappa shape index (κ1) is 24.0. The number of aromatic nitrogens is 4. The molecule has 0 spiro atoms. The molecule has 0 aromatic carbocycles. The summed E-state index contributed by atoms with van der Waals surface area (Å²) in [6, 6.07) is 0.0105. The zero-order chi connectivity index (χ0) is 23.9. The van der Waals surface area contributed by atoms with Crippen molar-refractivity contribution in [1.82, 2.24) is 19.3 Å². The first-order chi connectivity index (χ1) is 15.7. The quantitative estimate of drug-likeness (QED) is 0.295. The number of amides is 1. The monoisotopic (exact) mass is 487 g/mol. The number of thioether (sulfide) groups is 1. The normalized spacial score (nSPS) is 15.8. The summed E-state index contributed by atoms with van der Waals surface area (Å²) in [4.78, 5) is 33.9. The van der Waals surface area contributed by atoms with Crippen molar-refractivity contribution in [1.29, 1.82) is 0 Å². The van der Waals surface area contributed by atoms with Gasteiger partial charge in [0.05, 0.1) is 27.7 Å². The number of carbonyl (C=O) groups is 1. The van der Waals surface area contributed by atoms with Crippen molar-refractivity contribution in [2.24, 2.45) is 7.05 Å². The molecule has 0 saturated heterocycles. The third-order valence-electron chi connectivity index (χ3n) is 6.68. The molecule has 1 aliphatic rings. The first-order valence-corrected chi connectivity index (χ1v) is 13.5. The Morgan fingerprint density at radius 1 is 1.21 bits per heavy atom. The SMILES string of the molecule is CCC(C)n1c(SC(C)C(=O)Nc2c(C)nn(C)c2C)nc2sc3c(c2c1=O)CCCCC3. The van der Waals surface area contributed by atoms with E-state index in [1.165, 1.54) is 35.0 Å². The fourth-order valence-corrected chi connectivity index (χ4v) is 6.73. The molecule has 1 N–H and O–H groups in total. The molecule has 0 aliphatic heterocycles. The standard InChI is InChI=1S/C24H33N5O2S2/c1-7-13(2)29-23(31)19-17-11-9-8-10-12-18(17)33-22(19)26-24(29)32-16(5)21(30)25-20-14(3)27-28(6)15(20)4/h13,16H,7-12H2,1-6H3,(H,25,30). The predicted octanol–water partition coefficient (Wildman–Crippen LogP) is 5.17. The molecule has 0 radical (unpaired) electrons. The second kappa shape index (κ2) is 9.62. The van der Waals surface area contributed by atoms with Gasteiger partial charge in [-0.05, 0) is 65.4 Å². The predicted molar refractivity (Wildman–Crippen MR) is 137 cm³/mol. The zero-order valence-corrected chi connectivity index (χ0v) is 22.0. The van der Waals surface area contributed by atoms with Crippen LogP contribution in [0.25, 0.3) is 10.2 Å². The van der Waals surface area contributed by atoms with Crippen LogP contribution in [0.4, 0.5) is 5.69 Å². The summed E-state index contributed by atoms with van der Waals surface area (Å²) in [5.41, 5.74) is 3.71. The fourth-order valence-electron chi connectivity index (χ4n) is 4.42. The van der Waals surface area contributed by atoms with Crippen LogP contribution in [-0.4, -0.2) is 30.5 Å². The molecule has 7 nitrogen and oxygen atoms in total. The minimum atomic E-state index is -0.415. The van der Waals surface area contributed by atoms with E-state index in [9.17, 15) is 9.59 Å². The van der Waals surface area contributed by atoms with Gasteiger partial charge < -0.3 is 5.32 Å². The van der Waals surface area contributed by atoms with E-state index in [1.807, 2.05) is 32.4 Å². The second-order valence-electron chi connectivity index (χ2n) is 8.99. The van der Waals surface area contributed by atoms with Crippen molar-refractivity contribution in [2.45, 2.75) is 89.6 Å². The van der Waals surface area contributed by atoms with Crippen molar-refractivity contribution in [3.8, 4) is 0 Å². The molecule has 0 fully saturated rings. The minimum Gasteiger partial charge on any atom is -0.322 e. The molecule has 3 aromatic heterocycles. The Balaban J connectivity index is 1.70. The topological polar surface area (TPSA) is 81.8 Å². The molecule has 2 unspecified atom stereocenters. The summed E-state index contributed by atoms with van der Waals surface area (Å²) < 4.78 is 3.58. The number of hydrogen-bond donors (Lipinski definition) is 1. The van der Waals surface area contributed by atoms with Gasteiger partial charge in [-0.2, -0.15) is 5.10 Å². The van der Waals surface area contributed by atoms with Crippen LogP contribution in [0.5, 0.6) is 0 Å². The van der Waals surface area contributed by atoms with Gasteiger partial charge in [0.25, 0.3) is 5.56 Å². The van der Waals surface area contributed by atoms with E-state index in [-0.39, 0.29) is 17.5 Å². The number of nitrogens with one attached hydrogen (secondary N) is 1. The Bertz CT molecular complexity index is 1260. The molecule has 0 saturated carbocycles. The number of anilines is 1. The first-order valence-electron chi connectivity index (χ1n) is 11.8. The third kappa shape index (κ3) is 4.49. The van der Waals surface area contributed by atoms with Crippen LogP contribution < -0.4 is 10.9 Å². The van der Waals surface area contributed by atoms with Crippen molar-refractivity contribution < 1.29 is 4.79 Å². The van der Waals surface area contributed by atoms with Gasteiger partial charge in [0, 0.05) is 18.0 Å². The summed E-state index contributed by atoms with van der Waals surface area (Å²) in [5, 5.41) is 8.42. The van der Waals surface area contributed by atoms with E-state index < -0.39 is 5.25 Å². The number of aryl methyl sites for hydroxylation is 4. The molecule has 2 atom stereocenters. The van der Waals surface area contributed by atoms with E-state index in [0.29, 0.717) is 5.16 Å². The number of carbonyl (C=O) groups excluding carboxylic acids is 1. The fraction of sp³-hybridized carbons (Fsp3) is 0.583. The molecule has 3 heterocycles. The molecule has 1 amide bonds. The molecule has 3 aromatic rings. The van der Waals surface area contributed by atoms with Crippen LogP contribution in [0.1, 0.15) is 74.3 Å². The highest BCUT2D eigenvalue weighted by atomic mass is 32.2. The van der Waals surface area contributed by atoms with E-state index in [0.717, 1.165) is 53.0 Å². The Labute approximate surface area is 203 Å². The number of fused-ring (bicyclic) bond motifs is 3. The highest BCUT2D eigenvalue weighted by Gasteiger charge is 2.26. The molecular weight excluding hydrogens is 454 g/mol. The van der Waals surface area contributed by atoms with E-state index in [1.54, 1.807) is 16.0 Å². The zero-order valence-electron chi connectivity index (χ0n) is 20.3. The summed E-state index contributed by atoms with van der Waals surface area (Å²) >= 11 is 3.02. The van der Waals surface area contributed by atoms with Gasteiger partial charge in [-0.15, -0.1) is 11.3 Å². The Morgan fingerprint density at radius 3 is 2.61 bits per heavy atom. The van der Waals surface area contributed by atoms with Gasteiger partial charge >= 0.3 is 0 Å². The van der Waals surface area contributed by atoms with Gasteiger partial charge in [0.2, 0.25) is 5.91 Å². The van der Waals surface area contributed by atoms with E-state index >= 15 is 0 Å². The van der Waals surface area contributed by atoms with Gasteiger partial charge in [0.1, 0.15) is 4.83 Å². The van der Waals surface area contributed by atoms with Crippen molar-refractivity contribution in [3.05, 3.63) is 32.2 Å². The molecule has 4 rings (SSSR count). The smallest absolute Gasteiger partial charge is 0.263 e. The van der Waals surface area contributed by atoms with Gasteiger partial charge in [0.15, 0.2) is 5.16 Å². The van der Waals surface area contributed by atoms with Crippen LogP contribution in [0.15, 0.2) is 9.95 Å². The average molecular weight is 488 g/mol. The lowest BCUT2D eigenvalue weighted by Gasteiger charge is -2.20. The molecule has 33 heavy (non-hydrogen) atoms. The van der Waals surface area contributed by atoms with Crippen LogP contribution in [-0.2, 0) is 24.7 Å². The van der Waals surface area contributed by atoms with Gasteiger partial charge in [-0.3, -0.25) is 18.8 Å². The van der Waals surface area contributed by atoms with Crippen molar-refractivity contribution in [3.63, 3.8) is 0 Å². The summed E-state index contributed by atoms with van der Waals surface area (Å²) in [6.45, 7) is 9.81.